The van der Waals surface area contributed by atoms with Crippen LogP contribution in [0.25, 0.3) is 10.1 Å². The van der Waals surface area contributed by atoms with Crippen LogP contribution in [-0.4, -0.2) is 47.3 Å². The van der Waals surface area contributed by atoms with Gasteiger partial charge in [0, 0.05) is 42.5 Å². The maximum Gasteiger partial charge on any atom is 0.240 e. The number of halogens is 1. The number of amides is 1. The van der Waals surface area contributed by atoms with Crippen LogP contribution in [0.5, 0.6) is 0 Å². The largest absolute Gasteiger partial charge is 0.353 e. The number of pyridine rings is 1. The van der Waals surface area contributed by atoms with Crippen molar-refractivity contribution in [2.45, 2.75) is 12.3 Å². The van der Waals surface area contributed by atoms with Crippen LogP contribution in [0.4, 0.5) is 5.82 Å². The van der Waals surface area contributed by atoms with E-state index < -0.39 is 5.38 Å². The number of fused-ring (bicyclic) bond motifs is 1. The predicted octanol–water partition coefficient (Wildman–Crippen LogP) is 2.57. The van der Waals surface area contributed by atoms with Gasteiger partial charge in [-0.2, -0.15) is 0 Å². The van der Waals surface area contributed by atoms with Gasteiger partial charge in [0.15, 0.2) is 0 Å². The Hall–Kier alpha value is -1.33. The third-order valence-corrected chi connectivity index (χ3v) is 4.66. The van der Waals surface area contributed by atoms with Crippen LogP contribution in [0, 0.1) is 0 Å². The quantitative estimate of drug-likeness (QED) is 0.800. The van der Waals surface area contributed by atoms with Crippen molar-refractivity contribution in [2.75, 3.05) is 31.1 Å². The Morgan fingerprint density at radius 2 is 2.10 bits per heavy atom. The van der Waals surface area contributed by atoms with E-state index in [4.69, 9.17) is 11.6 Å². The molecule has 0 bridgehead atoms. The molecular weight excluding hydrogens is 294 g/mol. The highest BCUT2D eigenvalue weighted by atomic mass is 35.5. The van der Waals surface area contributed by atoms with Gasteiger partial charge < -0.3 is 9.80 Å². The van der Waals surface area contributed by atoms with Gasteiger partial charge in [0.05, 0.1) is 0 Å². The summed E-state index contributed by atoms with van der Waals surface area (Å²) in [6.07, 6.45) is 1.85. The van der Waals surface area contributed by atoms with Gasteiger partial charge in [-0.25, -0.2) is 4.98 Å². The fourth-order valence-corrected chi connectivity index (χ4v) is 3.44. The van der Waals surface area contributed by atoms with Crippen LogP contribution >= 0.6 is 22.9 Å². The first-order chi connectivity index (χ1) is 9.66. The van der Waals surface area contributed by atoms with Crippen LogP contribution in [0.1, 0.15) is 6.92 Å². The van der Waals surface area contributed by atoms with Crippen molar-refractivity contribution in [3.8, 4) is 0 Å². The van der Waals surface area contributed by atoms with E-state index in [1.807, 2.05) is 17.2 Å². The maximum atomic E-state index is 11.9. The fourth-order valence-electron chi connectivity index (χ4n) is 2.52. The second kappa shape index (κ2) is 5.58. The Morgan fingerprint density at radius 3 is 2.80 bits per heavy atom. The number of hydrogen-bond donors (Lipinski definition) is 0. The van der Waals surface area contributed by atoms with E-state index in [-0.39, 0.29) is 5.91 Å². The number of hydrogen-bond acceptors (Lipinski definition) is 4. The molecule has 1 amide bonds. The molecule has 6 heteroatoms. The second-order valence-corrected chi connectivity index (χ2v) is 6.50. The molecule has 1 fully saturated rings. The lowest BCUT2D eigenvalue weighted by molar-refractivity contribution is -0.130. The van der Waals surface area contributed by atoms with Crippen molar-refractivity contribution in [3.63, 3.8) is 0 Å². The Kier molecular flexibility index (Phi) is 3.81. The Labute approximate surface area is 127 Å². The molecule has 0 N–H and O–H groups in total. The average Bonchev–Trinajstić information content (AvgIpc) is 2.95. The summed E-state index contributed by atoms with van der Waals surface area (Å²) in [4.78, 5) is 20.5. The molecule has 2 aromatic rings. The molecule has 4 nitrogen and oxygen atoms in total. The number of anilines is 1. The first-order valence-electron chi connectivity index (χ1n) is 6.67. The lowest BCUT2D eigenvalue weighted by Gasteiger charge is -2.36. The predicted molar refractivity (Wildman–Crippen MR) is 83.7 cm³/mol. The molecule has 3 heterocycles. The first-order valence-corrected chi connectivity index (χ1v) is 7.98. The van der Waals surface area contributed by atoms with Crippen molar-refractivity contribution >= 4 is 44.7 Å². The lowest BCUT2D eigenvalue weighted by atomic mass is 10.2. The summed E-state index contributed by atoms with van der Waals surface area (Å²) >= 11 is 7.59. The summed E-state index contributed by atoms with van der Waals surface area (Å²) in [6, 6.07) is 4.15. The van der Waals surface area contributed by atoms with E-state index >= 15 is 0 Å². The van der Waals surface area contributed by atoms with Crippen molar-refractivity contribution in [1.82, 2.24) is 9.88 Å². The van der Waals surface area contributed by atoms with E-state index in [1.54, 1.807) is 18.3 Å². The van der Waals surface area contributed by atoms with Crippen molar-refractivity contribution in [2.24, 2.45) is 0 Å². The van der Waals surface area contributed by atoms with Gasteiger partial charge in [-0.15, -0.1) is 22.9 Å². The molecular formula is C14H16ClN3OS. The highest BCUT2D eigenvalue weighted by molar-refractivity contribution is 7.17. The first kappa shape index (κ1) is 13.6. The van der Waals surface area contributed by atoms with E-state index in [9.17, 15) is 4.79 Å². The molecule has 3 rings (SSSR count). The average molecular weight is 310 g/mol. The molecule has 20 heavy (non-hydrogen) atoms. The van der Waals surface area contributed by atoms with Gasteiger partial charge in [-0.1, -0.05) is 0 Å². The lowest BCUT2D eigenvalue weighted by Crippen LogP contribution is -2.50. The molecule has 1 atom stereocenters. The van der Waals surface area contributed by atoms with Gasteiger partial charge >= 0.3 is 0 Å². The Morgan fingerprint density at radius 1 is 1.35 bits per heavy atom. The molecule has 106 valence electrons. The number of rotatable bonds is 2. The zero-order chi connectivity index (χ0) is 14.1. The minimum absolute atomic E-state index is 0.0213. The summed E-state index contributed by atoms with van der Waals surface area (Å²) in [6.45, 7) is 4.74. The van der Waals surface area contributed by atoms with Crippen LogP contribution in [0.15, 0.2) is 23.7 Å². The standard InChI is InChI=1S/C14H16ClN3OS/c1-10(15)14(19)18-7-5-17(6-8-18)13-11-3-9-20-12(11)2-4-16-13/h2-4,9-10H,5-8H2,1H3. The summed E-state index contributed by atoms with van der Waals surface area (Å²) in [5.41, 5.74) is 0. The number of aromatic nitrogens is 1. The van der Waals surface area contributed by atoms with E-state index in [1.165, 1.54) is 10.1 Å². The third kappa shape index (κ3) is 2.47. The molecule has 0 radical (unpaired) electrons. The number of carbonyl (C=O) groups is 1. The molecule has 1 saturated heterocycles. The third-order valence-electron chi connectivity index (χ3n) is 3.59. The molecule has 1 unspecified atom stereocenters. The Bertz CT molecular complexity index is 620. The zero-order valence-electron chi connectivity index (χ0n) is 11.3. The second-order valence-electron chi connectivity index (χ2n) is 4.90. The number of alkyl halides is 1. The minimum atomic E-state index is -0.444. The number of carbonyl (C=O) groups excluding carboxylic acids is 1. The summed E-state index contributed by atoms with van der Waals surface area (Å²) < 4.78 is 1.25. The summed E-state index contributed by atoms with van der Waals surface area (Å²) in [5, 5.41) is 2.84. The topological polar surface area (TPSA) is 36.4 Å². The molecule has 1 aliphatic rings. The fraction of sp³-hybridized carbons (Fsp3) is 0.429. The molecule has 0 spiro atoms. The highest BCUT2D eigenvalue weighted by Gasteiger charge is 2.25. The number of nitrogens with zero attached hydrogens (tertiary/aromatic N) is 3. The van der Waals surface area contributed by atoms with Gasteiger partial charge in [0.2, 0.25) is 5.91 Å². The number of piperazine rings is 1. The molecule has 0 aromatic carbocycles. The molecule has 1 aliphatic heterocycles. The highest BCUT2D eigenvalue weighted by Crippen LogP contribution is 2.29. The molecule has 0 aliphatic carbocycles. The molecule has 2 aromatic heterocycles. The zero-order valence-corrected chi connectivity index (χ0v) is 12.8. The van der Waals surface area contributed by atoms with E-state index in [2.05, 4.69) is 21.3 Å². The van der Waals surface area contributed by atoms with Crippen molar-refractivity contribution in [3.05, 3.63) is 23.7 Å². The van der Waals surface area contributed by atoms with Crippen molar-refractivity contribution < 1.29 is 4.79 Å². The summed E-state index contributed by atoms with van der Waals surface area (Å²) in [7, 11) is 0. The van der Waals surface area contributed by atoms with Crippen LogP contribution < -0.4 is 4.90 Å². The Balaban J connectivity index is 1.75. The SMILES string of the molecule is CC(Cl)C(=O)N1CCN(c2nccc3sccc23)CC1. The molecule has 0 saturated carbocycles. The normalized spacial score (nSPS) is 17.5. The van der Waals surface area contributed by atoms with Gasteiger partial charge in [-0.05, 0) is 24.4 Å². The minimum Gasteiger partial charge on any atom is -0.353 e. The van der Waals surface area contributed by atoms with Gasteiger partial charge in [0.1, 0.15) is 11.2 Å². The van der Waals surface area contributed by atoms with E-state index in [0.717, 1.165) is 18.9 Å². The van der Waals surface area contributed by atoms with Gasteiger partial charge in [-0.3, -0.25) is 4.79 Å². The van der Waals surface area contributed by atoms with Gasteiger partial charge in [0.25, 0.3) is 0 Å². The van der Waals surface area contributed by atoms with Crippen LogP contribution in [-0.2, 0) is 4.79 Å². The van der Waals surface area contributed by atoms with Crippen LogP contribution in [0.3, 0.4) is 0 Å². The van der Waals surface area contributed by atoms with Crippen LogP contribution in [0.2, 0.25) is 0 Å². The summed E-state index contributed by atoms with van der Waals surface area (Å²) in [5.74, 6) is 1.04. The number of thiophene rings is 1. The monoisotopic (exact) mass is 309 g/mol. The van der Waals surface area contributed by atoms with Crippen molar-refractivity contribution in [1.29, 1.82) is 0 Å². The smallest absolute Gasteiger partial charge is 0.240 e. The maximum absolute atomic E-state index is 11.9. The van der Waals surface area contributed by atoms with E-state index in [0.29, 0.717) is 13.1 Å².